The van der Waals surface area contributed by atoms with Gasteiger partial charge in [-0.2, -0.15) is 0 Å². The van der Waals surface area contributed by atoms with E-state index >= 15 is 0 Å². The van der Waals surface area contributed by atoms with E-state index in [0.29, 0.717) is 22.2 Å². The smallest absolute Gasteiger partial charge is 0.314 e. The molecule has 0 unspecified atom stereocenters. The minimum absolute atomic E-state index is 0.151. The van der Waals surface area contributed by atoms with E-state index in [9.17, 15) is 9.59 Å². The van der Waals surface area contributed by atoms with E-state index in [1.807, 2.05) is 12.1 Å². The molecule has 0 saturated heterocycles. The first kappa shape index (κ1) is 19.0. The first-order valence-corrected chi connectivity index (χ1v) is 9.28. The van der Waals surface area contributed by atoms with Gasteiger partial charge in [0.2, 0.25) is 5.91 Å². The number of carbonyl (C=O) groups is 2. The quantitative estimate of drug-likeness (QED) is 0.575. The lowest BCUT2D eigenvalue weighted by atomic mass is 10.1. The second-order valence-corrected chi connectivity index (χ2v) is 6.97. The molecule has 2 N–H and O–H groups in total. The number of thioether (sulfide) groups is 1. The first-order chi connectivity index (χ1) is 12.9. The van der Waals surface area contributed by atoms with Crippen LogP contribution in [-0.4, -0.2) is 27.7 Å². The van der Waals surface area contributed by atoms with Gasteiger partial charge in [0, 0.05) is 28.8 Å². The van der Waals surface area contributed by atoms with E-state index in [0.717, 1.165) is 22.9 Å². The Morgan fingerprint density at radius 1 is 1.11 bits per heavy atom. The molecule has 1 amide bonds. The minimum Gasteiger partial charge on any atom is -0.481 e. The molecule has 0 bridgehead atoms. The number of nitrogens with one attached hydrogen (secondary N) is 1. The normalized spacial score (nSPS) is 10.6. The van der Waals surface area contributed by atoms with E-state index in [-0.39, 0.29) is 16.9 Å². The number of anilines is 1. The maximum atomic E-state index is 11.2. The number of aliphatic carboxylic acids is 1. The zero-order valence-electron chi connectivity index (χ0n) is 14.2. The average Bonchev–Trinajstić information content (AvgIpc) is 3.05. The van der Waals surface area contributed by atoms with Crippen LogP contribution in [0.1, 0.15) is 6.92 Å². The first-order valence-electron chi connectivity index (χ1n) is 7.92. The zero-order chi connectivity index (χ0) is 19.4. The Balaban J connectivity index is 1.99. The summed E-state index contributed by atoms with van der Waals surface area (Å²) >= 11 is 6.96. The number of carboxylic acids is 1. The number of amides is 1. The number of hydrogen-bond acceptors (Lipinski definition) is 5. The van der Waals surface area contributed by atoms with Crippen LogP contribution in [0.15, 0.2) is 58.2 Å². The summed E-state index contributed by atoms with van der Waals surface area (Å²) in [6.07, 6.45) is 0. The molecule has 0 spiro atoms. The summed E-state index contributed by atoms with van der Waals surface area (Å²) in [5, 5.41) is 12.5. The number of carboxylic acid groups (broad SMARTS) is 1. The van der Waals surface area contributed by atoms with E-state index in [1.165, 1.54) is 6.92 Å². The fourth-order valence-electron chi connectivity index (χ4n) is 2.39. The Hall–Kier alpha value is -2.77. The lowest BCUT2D eigenvalue weighted by molar-refractivity contribution is -0.133. The van der Waals surface area contributed by atoms with Gasteiger partial charge in [-0.15, -0.1) is 0 Å². The van der Waals surface area contributed by atoms with Gasteiger partial charge in [-0.25, -0.2) is 4.98 Å². The van der Waals surface area contributed by atoms with Gasteiger partial charge in [-0.05, 0) is 36.4 Å². The van der Waals surface area contributed by atoms with Crippen molar-refractivity contribution in [3.63, 3.8) is 0 Å². The second kappa shape index (κ2) is 8.28. The van der Waals surface area contributed by atoms with Crippen LogP contribution in [0.5, 0.6) is 0 Å². The Morgan fingerprint density at radius 2 is 1.74 bits per heavy atom. The van der Waals surface area contributed by atoms with Crippen LogP contribution in [-0.2, 0) is 9.59 Å². The number of hydrogen-bond donors (Lipinski definition) is 2. The van der Waals surface area contributed by atoms with Crippen molar-refractivity contribution in [2.24, 2.45) is 0 Å². The van der Waals surface area contributed by atoms with Crippen molar-refractivity contribution in [3.05, 3.63) is 53.6 Å². The molecule has 1 heterocycles. The molecule has 0 aliphatic rings. The molecule has 8 heteroatoms. The topological polar surface area (TPSA) is 92.4 Å². The highest BCUT2D eigenvalue weighted by molar-refractivity contribution is 7.99. The monoisotopic (exact) mass is 402 g/mol. The maximum Gasteiger partial charge on any atom is 0.314 e. The fourth-order valence-corrected chi connectivity index (χ4v) is 3.06. The molecule has 3 aromatic rings. The number of rotatable bonds is 6. The van der Waals surface area contributed by atoms with Gasteiger partial charge in [0.1, 0.15) is 11.4 Å². The van der Waals surface area contributed by atoms with Gasteiger partial charge in [0.25, 0.3) is 5.22 Å². The molecule has 2 aromatic carbocycles. The van der Waals surface area contributed by atoms with Crippen molar-refractivity contribution in [2.75, 3.05) is 11.1 Å². The molecule has 138 valence electrons. The molecule has 0 aliphatic carbocycles. The molecular weight excluding hydrogens is 388 g/mol. The van der Waals surface area contributed by atoms with Crippen LogP contribution in [0.4, 0.5) is 5.69 Å². The van der Waals surface area contributed by atoms with Crippen LogP contribution >= 0.6 is 23.4 Å². The Labute approximate surface area is 164 Å². The van der Waals surface area contributed by atoms with Crippen LogP contribution in [0.3, 0.4) is 0 Å². The summed E-state index contributed by atoms with van der Waals surface area (Å²) in [6, 6.07) is 14.3. The van der Waals surface area contributed by atoms with Crippen molar-refractivity contribution >= 4 is 40.9 Å². The second-order valence-electron chi connectivity index (χ2n) is 5.61. The summed E-state index contributed by atoms with van der Waals surface area (Å²) in [5.41, 5.74) is 2.81. The third-order valence-corrected chi connectivity index (χ3v) is 4.58. The van der Waals surface area contributed by atoms with Crippen LogP contribution in [0.25, 0.3) is 22.6 Å². The maximum absolute atomic E-state index is 11.2. The summed E-state index contributed by atoms with van der Waals surface area (Å²) < 4.78 is 5.83. The Morgan fingerprint density at radius 3 is 2.33 bits per heavy atom. The summed E-state index contributed by atoms with van der Waals surface area (Å²) in [5.74, 6) is -0.745. The van der Waals surface area contributed by atoms with Gasteiger partial charge in [0.05, 0.1) is 0 Å². The third kappa shape index (κ3) is 4.90. The highest BCUT2D eigenvalue weighted by Gasteiger charge is 2.18. The third-order valence-electron chi connectivity index (χ3n) is 3.51. The SMILES string of the molecule is CC(=O)Nc1ccc(-c2oc(SCC(=O)O)nc2-c2ccc(Cl)cc2)cc1. The summed E-state index contributed by atoms with van der Waals surface area (Å²) in [7, 11) is 0. The van der Waals surface area contributed by atoms with Gasteiger partial charge in [-0.3, -0.25) is 9.59 Å². The molecule has 0 radical (unpaired) electrons. The number of aromatic nitrogens is 1. The van der Waals surface area contributed by atoms with Crippen molar-refractivity contribution in [3.8, 4) is 22.6 Å². The largest absolute Gasteiger partial charge is 0.481 e. The van der Waals surface area contributed by atoms with E-state index < -0.39 is 5.97 Å². The van der Waals surface area contributed by atoms with Crippen molar-refractivity contribution in [2.45, 2.75) is 12.1 Å². The van der Waals surface area contributed by atoms with Crippen molar-refractivity contribution < 1.29 is 19.1 Å². The molecule has 0 aliphatic heterocycles. The summed E-state index contributed by atoms with van der Waals surface area (Å²) in [6.45, 7) is 1.44. The highest BCUT2D eigenvalue weighted by Crippen LogP contribution is 2.36. The van der Waals surface area contributed by atoms with Crippen molar-refractivity contribution in [1.82, 2.24) is 4.98 Å². The average molecular weight is 403 g/mol. The number of benzene rings is 2. The number of oxazole rings is 1. The van der Waals surface area contributed by atoms with Crippen molar-refractivity contribution in [1.29, 1.82) is 0 Å². The lowest BCUT2D eigenvalue weighted by Crippen LogP contribution is -2.05. The molecular formula is C19H15ClN2O4S. The van der Waals surface area contributed by atoms with E-state index in [1.54, 1.807) is 36.4 Å². The van der Waals surface area contributed by atoms with Gasteiger partial charge in [0.15, 0.2) is 5.76 Å². The molecule has 0 saturated carbocycles. The Bertz CT molecular complexity index is 968. The summed E-state index contributed by atoms with van der Waals surface area (Å²) in [4.78, 5) is 26.4. The molecule has 0 fully saturated rings. The molecule has 0 atom stereocenters. The van der Waals surface area contributed by atoms with Crippen LogP contribution in [0.2, 0.25) is 5.02 Å². The lowest BCUT2D eigenvalue weighted by Gasteiger charge is -2.05. The van der Waals surface area contributed by atoms with E-state index in [2.05, 4.69) is 10.3 Å². The standard InChI is InChI=1S/C19H15ClN2O4S/c1-11(23)21-15-8-4-13(5-9-15)18-17(12-2-6-14(20)7-3-12)22-19(26-18)27-10-16(24)25/h2-9H,10H2,1H3,(H,21,23)(H,24,25). The van der Waals surface area contributed by atoms with Crippen LogP contribution < -0.4 is 5.32 Å². The number of nitrogens with zero attached hydrogens (tertiary/aromatic N) is 1. The fraction of sp³-hybridized carbons (Fsp3) is 0.105. The van der Waals surface area contributed by atoms with E-state index in [4.69, 9.17) is 21.1 Å². The molecule has 6 nitrogen and oxygen atoms in total. The molecule has 1 aromatic heterocycles. The van der Waals surface area contributed by atoms with Crippen LogP contribution in [0, 0.1) is 0 Å². The zero-order valence-corrected chi connectivity index (χ0v) is 15.8. The molecule has 3 rings (SSSR count). The molecule has 27 heavy (non-hydrogen) atoms. The highest BCUT2D eigenvalue weighted by atomic mass is 35.5. The predicted molar refractivity (Wildman–Crippen MR) is 105 cm³/mol. The minimum atomic E-state index is -0.951. The van der Waals surface area contributed by atoms with Gasteiger partial charge >= 0.3 is 5.97 Å². The Kier molecular flexibility index (Phi) is 5.83. The number of carbonyl (C=O) groups excluding carboxylic acids is 1. The predicted octanol–water partition coefficient (Wildman–Crippen LogP) is 4.80. The van der Waals surface area contributed by atoms with Gasteiger partial charge < -0.3 is 14.8 Å². The van der Waals surface area contributed by atoms with Gasteiger partial charge in [-0.1, -0.05) is 35.5 Å². The number of halogens is 1.